The van der Waals surface area contributed by atoms with Crippen molar-refractivity contribution < 1.29 is 9.53 Å². The molecule has 0 fully saturated rings. The minimum atomic E-state index is -0.139. The van der Waals surface area contributed by atoms with Gasteiger partial charge in [0, 0.05) is 22.6 Å². The van der Waals surface area contributed by atoms with Gasteiger partial charge in [0.2, 0.25) is 0 Å². The molecule has 0 spiro atoms. The summed E-state index contributed by atoms with van der Waals surface area (Å²) in [7, 11) is 0. The van der Waals surface area contributed by atoms with Crippen LogP contribution in [0.2, 0.25) is 0 Å². The fourth-order valence-corrected chi connectivity index (χ4v) is 4.44. The van der Waals surface area contributed by atoms with Crippen molar-refractivity contribution in [3.63, 3.8) is 0 Å². The number of carbonyl (C=O) groups excluding carboxylic acids is 1. The summed E-state index contributed by atoms with van der Waals surface area (Å²) < 4.78 is 7.57. The van der Waals surface area contributed by atoms with E-state index < -0.39 is 0 Å². The van der Waals surface area contributed by atoms with Crippen LogP contribution in [0.4, 0.5) is 5.82 Å². The van der Waals surface area contributed by atoms with Gasteiger partial charge in [0.15, 0.2) is 0 Å². The third-order valence-corrected chi connectivity index (χ3v) is 6.37. The molecule has 156 valence electrons. The van der Waals surface area contributed by atoms with Crippen LogP contribution in [0.3, 0.4) is 0 Å². The first-order chi connectivity index (χ1) is 14.6. The van der Waals surface area contributed by atoms with E-state index in [9.17, 15) is 4.79 Å². The Balaban J connectivity index is 1.58. The van der Waals surface area contributed by atoms with Crippen molar-refractivity contribution >= 4 is 23.5 Å². The van der Waals surface area contributed by atoms with E-state index >= 15 is 0 Å². The van der Waals surface area contributed by atoms with Gasteiger partial charge < -0.3 is 10.1 Å². The molecule has 5 nitrogen and oxygen atoms in total. The number of aryl methyl sites for hydroxylation is 2. The summed E-state index contributed by atoms with van der Waals surface area (Å²) in [6.07, 6.45) is 2.12. The van der Waals surface area contributed by atoms with E-state index in [0.29, 0.717) is 12.2 Å². The van der Waals surface area contributed by atoms with Crippen molar-refractivity contribution in [3.8, 4) is 11.4 Å². The maximum Gasteiger partial charge on any atom is 0.256 e. The van der Waals surface area contributed by atoms with Gasteiger partial charge in [-0.25, -0.2) is 4.68 Å². The maximum atomic E-state index is 13.0. The van der Waals surface area contributed by atoms with Gasteiger partial charge in [-0.3, -0.25) is 4.79 Å². The zero-order valence-electron chi connectivity index (χ0n) is 17.7. The Morgan fingerprint density at radius 3 is 2.67 bits per heavy atom. The minimum Gasteiger partial charge on any atom is -0.494 e. The third kappa shape index (κ3) is 4.24. The lowest BCUT2D eigenvalue weighted by atomic mass is 10.1. The average Bonchev–Trinajstić information content (AvgIpc) is 3.33. The largest absolute Gasteiger partial charge is 0.494 e. The minimum absolute atomic E-state index is 0.139. The number of hydrogen-bond acceptors (Lipinski definition) is 4. The summed E-state index contributed by atoms with van der Waals surface area (Å²) in [5.74, 6) is 3.16. The van der Waals surface area contributed by atoms with Crippen LogP contribution >= 0.6 is 11.8 Å². The van der Waals surface area contributed by atoms with Crippen LogP contribution in [0.15, 0.2) is 42.5 Å². The Labute approximate surface area is 181 Å². The number of anilines is 1. The van der Waals surface area contributed by atoms with Crippen LogP contribution in [-0.2, 0) is 11.5 Å². The first-order valence-electron chi connectivity index (χ1n) is 10.4. The highest BCUT2D eigenvalue weighted by molar-refractivity contribution is 7.98. The highest BCUT2D eigenvalue weighted by Crippen LogP contribution is 2.36. The van der Waals surface area contributed by atoms with Crippen molar-refractivity contribution in [2.45, 2.75) is 45.1 Å². The van der Waals surface area contributed by atoms with Crippen molar-refractivity contribution in [1.29, 1.82) is 0 Å². The first kappa shape index (κ1) is 20.5. The second-order valence-electron chi connectivity index (χ2n) is 7.63. The van der Waals surface area contributed by atoms with Gasteiger partial charge >= 0.3 is 0 Å². The topological polar surface area (TPSA) is 56.1 Å². The molecule has 6 heteroatoms. The van der Waals surface area contributed by atoms with Crippen molar-refractivity contribution in [2.24, 2.45) is 0 Å². The zero-order chi connectivity index (χ0) is 21.1. The average molecular weight is 422 g/mol. The zero-order valence-corrected chi connectivity index (χ0v) is 18.5. The Bertz CT molecular complexity index is 1060. The molecule has 0 saturated heterocycles. The van der Waals surface area contributed by atoms with Crippen molar-refractivity contribution in [2.75, 3.05) is 11.9 Å². The smallest absolute Gasteiger partial charge is 0.256 e. The summed E-state index contributed by atoms with van der Waals surface area (Å²) in [6.45, 7) is 7.01. The number of carbonyl (C=O) groups is 1. The van der Waals surface area contributed by atoms with Gasteiger partial charge in [-0.15, -0.1) is 0 Å². The van der Waals surface area contributed by atoms with Crippen LogP contribution in [0.1, 0.15) is 52.5 Å². The van der Waals surface area contributed by atoms with E-state index in [2.05, 4.69) is 44.3 Å². The predicted molar refractivity (Wildman–Crippen MR) is 123 cm³/mol. The second-order valence-corrected chi connectivity index (χ2v) is 8.61. The molecule has 2 aromatic carbocycles. The lowest BCUT2D eigenvalue weighted by molar-refractivity contribution is 0.102. The molecule has 1 aliphatic heterocycles. The number of amides is 1. The molecule has 1 aromatic heterocycles. The normalized spacial score (nSPS) is 12.6. The number of unbranched alkanes of at least 4 members (excludes halogenated alkanes) is 1. The number of benzene rings is 2. The molecule has 3 aromatic rings. The number of rotatable bonds is 7. The predicted octanol–water partition coefficient (Wildman–Crippen LogP) is 5.67. The standard InChI is InChI=1S/C24H27N3O2S/c1-4-5-12-29-20-10-7-18(8-11-20)24(28)25-23-21-14-30-15-22(21)26-27(23)19-9-6-16(2)17(3)13-19/h6-11,13H,4-5,12,14-15H2,1-3H3,(H,25,28). The number of fused-ring (bicyclic) bond motifs is 1. The number of nitrogens with one attached hydrogen (secondary N) is 1. The fraction of sp³-hybridized carbons (Fsp3) is 0.333. The van der Waals surface area contributed by atoms with E-state index in [1.165, 1.54) is 11.1 Å². The molecule has 1 amide bonds. The van der Waals surface area contributed by atoms with Crippen LogP contribution in [0.25, 0.3) is 5.69 Å². The molecule has 0 saturated carbocycles. The summed E-state index contributed by atoms with van der Waals surface area (Å²) in [5, 5.41) is 7.91. The van der Waals surface area contributed by atoms with Gasteiger partial charge in [0.25, 0.3) is 5.91 Å². The Hall–Kier alpha value is -2.73. The van der Waals surface area contributed by atoms with E-state index in [0.717, 1.165) is 52.9 Å². The summed E-state index contributed by atoms with van der Waals surface area (Å²) in [6, 6.07) is 13.6. The molecule has 4 rings (SSSR count). The van der Waals surface area contributed by atoms with E-state index in [1.807, 2.05) is 40.7 Å². The summed E-state index contributed by atoms with van der Waals surface area (Å²) >= 11 is 1.82. The molecule has 0 atom stereocenters. The number of nitrogens with zero attached hydrogens (tertiary/aromatic N) is 2. The first-order valence-corrected chi connectivity index (χ1v) is 11.5. The number of hydrogen-bond donors (Lipinski definition) is 1. The van der Waals surface area contributed by atoms with Gasteiger partial charge in [-0.1, -0.05) is 19.4 Å². The van der Waals surface area contributed by atoms with Crippen LogP contribution in [-0.4, -0.2) is 22.3 Å². The van der Waals surface area contributed by atoms with E-state index in [-0.39, 0.29) is 5.91 Å². The quantitative estimate of drug-likeness (QED) is 0.500. The van der Waals surface area contributed by atoms with Gasteiger partial charge in [0.05, 0.1) is 18.0 Å². The number of ether oxygens (including phenoxy) is 1. The molecule has 2 heterocycles. The summed E-state index contributed by atoms with van der Waals surface area (Å²) in [5.41, 5.74) is 6.17. The molecule has 1 N–H and O–H groups in total. The van der Waals surface area contributed by atoms with E-state index in [1.54, 1.807) is 0 Å². The highest BCUT2D eigenvalue weighted by atomic mass is 32.2. The number of aromatic nitrogens is 2. The second kappa shape index (κ2) is 8.96. The molecular formula is C24H27N3O2S. The van der Waals surface area contributed by atoms with Gasteiger partial charge in [-0.05, 0) is 67.8 Å². The molecular weight excluding hydrogens is 394 g/mol. The molecule has 1 aliphatic rings. The van der Waals surface area contributed by atoms with Gasteiger partial charge in [0.1, 0.15) is 11.6 Å². The van der Waals surface area contributed by atoms with Crippen molar-refractivity contribution in [3.05, 3.63) is 70.4 Å². The van der Waals surface area contributed by atoms with Crippen LogP contribution < -0.4 is 10.1 Å². The molecule has 30 heavy (non-hydrogen) atoms. The lowest BCUT2D eigenvalue weighted by Crippen LogP contribution is -2.16. The fourth-order valence-electron chi connectivity index (χ4n) is 3.40. The SMILES string of the molecule is CCCCOc1ccc(C(=O)Nc2c3c(nn2-c2ccc(C)c(C)c2)CSC3)cc1. The van der Waals surface area contributed by atoms with Gasteiger partial charge in [-0.2, -0.15) is 16.9 Å². The lowest BCUT2D eigenvalue weighted by Gasteiger charge is -2.13. The molecule has 0 bridgehead atoms. The monoisotopic (exact) mass is 421 g/mol. The highest BCUT2D eigenvalue weighted by Gasteiger charge is 2.25. The Kier molecular flexibility index (Phi) is 6.13. The maximum absolute atomic E-state index is 13.0. The molecule has 0 radical (unpaired) electrons. The molecule has 0 aliphatic carbocycles. The Morgan fingerprint density at radius 1 is 1.13 bits per heavy atom. The molecule has 0 unspecified atom stereocenters. The van der Waals surface area contributed by atoms with Crippen LogP contribution in [0, 0.1) is 13.8 Å². The number of thioether (sulfide) groups is 1. The summed E-state index contributed by atoms with van der Waals surface area (Å²) in [4.78, 5) is 13.0. The van der Waals surface area contributed by atoms with Crippen LogP contribution in [0.5, 0.6) is 5.75 Å². The Morgan fingerprint density at radius 2 is 1.93 bits per heavy atom. The third-order valence-electron chi connectivity index (χ3n) is 5.40. The van der Waals surface area contributed by atoms with E-state index in [4.69, 9.17) is 9.84 Å². The van der Waals surface area contributed by atoms with Crippen molar-refractivity contribution in [1.82, 2.24) is 9.78 Å².